The second-order valence-corrected chi connectivity index (χ2v) is 3.98. The smallest absolute Gasteiger partial charge is 0.140 e. The lowest BCUT2D eigenvalue weighted by Crippen LogP contribution is -2.34. The Balaban J connectivity index is 2.47. The zero-order chi connectivity index (χ0) is 11.5. The van der Waals surface area contributed by atoms with E-state index in [-0.39, 0.29) is 6.61 Å². The van der Waals surface area contributed by atoms with Crippen LogP contribution in [0.2, 0.25) is 0 Å². The van der Waals surface area contributed by atoms with Crippen LogP contribution in [0.3, 0.4) is 0 Å². The molecule has 0 saturated carbocycles. The minimum Gasteiger partial charge on any atom is -0.464 e. The van der Waals surface area contributed by atoms with E-state index in [4.69, 9.17) is 9.52 Å². The molecule has 0 bridgehead atoms. The van der Waals surface area contributed by atoms with Crippen LogP contribution in [0.25, 0.3) is 11.0 Å². The van der Waals surface area contributed by atoms with E-state index in [2.05, 4.69) is 23.7 Å². The first-order chi connectivity index (χ1) is 7.74. The number of fused-ring (bicyclic) bond motifs is 1. The van der Waals surface area contributed by atoms with E-state index in [0.29, 0.717) is 12.6 Å². The zero-order valence-electron chi connectivity index (χ0n) is 9.55. The molecule has 2 rings (SSSR count). The van der Waals surface area contributed by atoms with E-state index in [1.165, 1.54) is 0 Å². The largest absolute Gasteiger partial charge is 0.464 e. The summed E-state index contributed by atoms with van der Waals surface area (Å²) < 4.78 is 5.34. The molecule has 16 heavy (non-hydrogen) atoms. The van der Waals surface area contributed by atoms with Gasteiger partial charge in [-0.3, -0.25) is 0 Å². The predicted octanol–water partition coefficient (Wildman–Crippen LogP) is 2.03. The highest BCUT2D eigenvalue weighted by Gasteiger charge is 2.15. The molecule has 2 aromatic rings. The molecule has 2 aromatic heterocycles. The van der Waals surface area contributed by atoms with Crippen LogP contribution in [0.1, 0.15) is 13.8 Å². The standard InChI is InChI=1S/C12H16N2O2/c1-9(2)14(6-7-15)12-10-4-8-16-11(10)3-5-13-12/h3-5,8-9,15H,6-7H2,1-2H3. The maximum atomic E-state index is 9.08. The Morgan fingerprint density at radius 3 is 2.94 bits per heavy atom. The van der Waals surface area contributed by atoms with Gasteiger partial charge in [-0.2, -0.15) is 0 Å². The number of rotatable bonds is 4. The number of nitrogens with zero attached hydrogens (tertiary/aromatic N) is 2. The van der Waals surface area contributed by atoms with Crippen LogP contribution in [0, 0.1) is 0 Å². The molecule has 1 N–H and O–H groups in total. The molecular weight excluding hydrogens is 204 g/mol. The summed E-state index contributed by atoms with van der Waals surface area (Å²) in [6.07, 6.45) is 3.39. The van der Waals surface area contributed by atoms with Crippen molar-refractivity contribution in [1.82, 2.24) is 4.98 Å². The zero-order valence-corrected chi connectivity index (χ0v) is 9.55. The minimum absolute atomic E-state index is 0.119. The van der Waals surface area contributed by atoms with E-state index in [9.17, 15) is 0 Å². The van der Waals surface area contributed by atoms with Crippen LogP contribution in [-0.2, 0) is 0 Å². The monoisotopic (exact) mass is 220 g/mol. The molecule has 0 aliphatic heterocycles. The number of aromatic nitrogens is 1. The lowest BCUT2D eigenvalue weighted by atomic mass is 10.2. The van der Waals surface area contributed by atoms with Crippen molar-refractivity contribution in [3.05, 3.63) is 24.6 Å². The predicted molar refractivity (Wildman–Crippen MR) is 63.6 cm³/mol. The van der Waals surface area contributed by atoms with Gasteiger partial charge in [-0.05, 0) is 26.0 Å². The van der Waals surface area contributed by atoms with E-state index >= 15 is 0 Å². The maximum Gasteiger partial charge on any atom is 0.140 e. The van der Waals surface area contributed by atoms with Crippen molar-refractivity contribution in [3.63, 3.8) is 0 Å². The Bertz CT molecular complexity index is 465. The van der Waals surface area contributed by atoms with Crippen LogP contribution in [0.15, 0.2) is 29.0 Å². The second kappa shape index (κ2) is 4.53. The van der Waals surface area contributed by atoms with Gasteiger partial charge in [0.05, 0.1) is 18.3 Å². The van der Waals surface area contributed by atoms with Gasteiger partial charge in [-0.25, -0.2) is 4.98 Å². The van der Waals surface area contributed by atoms with Crippen LogP contribution in [0.4, 0.5) is 5.82 Å². The van der Waals surface area contributed by atoms with Crippen molar-refractivity contribution in [2.24, 2.45) is 0 Å². The highest BCUT2D eigenvalue weighted by Crippen LogP contribution is 2.26. The highest BCUT2D eigenvalue weighted by atomic mass is 16.3. The van der Waals surface area contributed by atoms with Crippen molar-refractivity contribution in [2.45, 2.75) is 19.9 Å². The van der Waals surface area contributed by atoms with Gasteiger partial charge in [0.1, 0.15) is 11.4 Å². The van der Waals surface area contributed by atoms with Crippen LogP contribution in [0.5, 0.6) is 0 Å². The van der Waals surface area contributed by atoms with Gasteiger partial charge in [0.2, 0.25) is 0 Å². The highest BCUT2D eigenvalue weighted by molar-refractivity contribution is 5.88. The topological polar surface area (TPSA) is 49.5 Å². The maximum absolute atomic E-state index is 9.08. The number of aliphatic hydroxyl groups is 1. The molecule has 0 unspecified atom stereocenters. The molecule has 0 fully saturated rings. The van der Waals surface area contributed by atoms with Gasteiger partial charge in [-0.1, -0.05) is 0 Å². The lowest BCUT2D eigenvalue weighted by Gasteiger charge is -2.27. The molecule has 0 spiro atoms. The Hall–Kier alpha value is -1.55. The first-order valence-corrected chi connectivity index (χ1v) is 5.43. The Labute approximate surface area is 94.5 Å². The van der Waals surface area contributed by atoms with Crippen molar-refractivity contribution >= 4 is 16.8 Å². The number of hydrogen-bond acceptors (Lipinski definition) is 4. The van der Waals surface area contributed by atoms with Crippen LogP contribution in [-0.4, -0.2) is 29.3 Å². The minimum atomic E-state index is 0.119. The van der Waals surface area contributed by atoms with E-state index in [1.807, 2.05) is 12.1 Å². The third-order valence-electron chi connectivity index (χ3n) is 2.60. The van der Waals surface area contributed by atoms with Crippen molar-refractivity contribution in [3.8, 4) is 0 Å². The number of anilines is 1. The average Bonchev–Trinajstić information content (AvgIpc) is 2.73. The lowest BCUT2D eigenvalue weighted by molar-refractivity contribution is 0.299. The molecule has 0 aliphatic carbocycles. The summed E-state index contributed by atoms with van der Waals surface area (Å²) in [5.74, 6) is 0.871. The van der Waals surface area contributed by atoms with Gasteiger partial charge in [-0.15, -0.1) is 0 Å². The van der Waals surface area contributed by atoms with E-state index < -0.39 is 0 Å². The Morgan fingerprint density at radius 1 is 1.44 bits per heavy atom. The number of pyridine rings is 1. The van der Waals surface area contributed by atoms with Crippen LogP contribution < -0.4 is 4.90 Å². The summed E-state index contributed by atoms with van der Waals surface area (Å²) >= 11 is 0. The van der Waals surface area contributed by atoms with Crippen LogP contribution >= 0.6 is 0 Å². The van der Waals surface area contributed by atoms with E-state index in [0.717, 1.165) is 16.8 Å². The fourth-order valence-electron chi connectivity index (χ4n) is 1.83. The molecule has 4 nitrogen and oxygen atoms in total. The number of aliphatic hydroxyl groups excluding tert-OH is 1. The Morgan fingerprint density at radius 2 is 2.25 bits per heavy atom. The second-order valence-electron chi connectivity index (χ2n) is 3.98. The SMILES string of the molecule is CC(C)N(CCO)c1nccc2occc12. The van der Waals surface area contributed by atoms with Gasteiger partial charge in [0.25, 0.3) is 0 Å². The summed E-state index contributed by atoms with van der Waals surface area (Å²) in [5, 5.41) is 10.1. The third-order valence-corrected chi connectivity index (χ3v) is 2.60. The fourth-order valence-corrected chi connectivity index (χ4v) is 1.83. The molecule has 4 heteroatoms. The summed E-state index contributed by atoms with van der Waals surface area (Å²) in [6, 6.07) is 4.04. The Kier molecular flexibility index (Phi) is 3.10. The first kappa shape index (κ1) is 11.0. The van der Waals surface area contributed by atoms with Gasteiger partial charge in [0, 0.05) is 18.8 Å². The van der Waals surface area contributed by atoms with Gasteiger partial charge in [0.15, 0.2) is 0 Å². The van der Waals surface area contributed by atoms with Crippen molar-refractivity contribution in [1.29, 1.82) is 0 Å². The molecule has 0 aliphatic rings. The van der Waals surface area contributed by atoms with Crippen molar-refractivity contribution in [2.75, 3.05) is 18.1 Å². The molecule has 0 aromatic carbocycles. The molecule has 2 heterocycles. The summed E-state index contributed by atoms with van der Waals surface area (Å²) in [5.41, 5.74) is 0.827. The molecule has 0 amide bonds. The summed E-state index contributed by atoms with van der Waals surface area (Å²) in [4.78, 5) is 6.44. The van der Waals surface area contributed by atoms with Gasteiger partial charge >= 0.3 is 0 Å². The summed E-state index contributed by atoms with van der Waals surface area (Å²) in [6.45, 7) is 4.86. The normalized spacial score (nSPS) is 11.2. The number of furan rings is 1. The number of hydrogen-bond donors (Lipinski definition) is 1. The molecular formula is C12H16N2O2. The third kappa shape index (κ3) is 1.88. The fraction of sp³-hybridized carbons (Fsp3) is 0.417. The molecule has 86 valence electrons. The average molecular weight is 220 g/mol. The molecule has 0 atom stereocenters. The summed E-state index contributed by atoms with van der Waals surface area (Å²) in [7, 11) is 0. The molecule has 0 saturated heterocycles. The first-order valence-electron chi connectivity index (χ1n) is 5.43. The molecule has 0 radical (unpaired) electrons. The quantitative estimate of drug-likeness (QED) is 0.856. The van der Waals surface area contributed by atoms with Crippen molar-refractivity contribution < 1.29 is 9.52 Å². The van der Waals surface area contributed by atoms with E-state index in [1.54, 1.807) is 12.5 Å². The van der Waals surface area contributed by atoms with Gasteiger partial charge < -0.3 is 14.4 Å².